The van der Waals surface area contributed by atoms with Gasteiger partial charge in [0.15, 0.2) is 11.6 Å². The summed E-state index contributed by atoms with van der Waals surface area (Å²) in [6.45, 7) is 0. The van der Waals surface area contributed by atoms with Crippen LogP contribution in [0.15, 0.2) is 425 Å². The second-order valence-electron chi connectivity index (χ2n) is 29.1. The monoisotopic (exact) mass is 1830 g/mol. The van der Waals surface area contributed by atoms with E-state index in [1.807, 2.05) is 181 Å². The zero-order valence-corrected chi connectivity index (χ0v) is 71.4. The van der Waals surface area contributed by atoms with E-state index in [0.29, 0.717) is 17.6 Å². The van der Waals surface area contributed by atoms with Crippen molar-refractivity contribution in [2.24, 2.45) is 0 Å². The van der Waals surface area contributed by atoms with Gasteiger partial charge in [-0.15, -0.1) is 0 Å². The van der Waals surface area contributed by atoms with E-state index in [1.165, 1.54) is 27.3 Å². The van der Waals surface area contributed by atoms with Crippen molar-refractivity contribution in [3.8, 4) is 102 Å². The number of hydrogen-bond donors (Lipinski definition) is 0. The van der Waals surface area contributed by atoms with Crippen LogP contribution in [-0.4, -0.2) is 63.1 Å². The molecule has 122 heavy (non-hydrogen) atoms. The first-order chi connectivity index (χ1) is 60.1. The SMILES string of the molecule is Brc1ccc2c3cccnc3n(-c3cc(-c4ccccc4)cc(-c4ccccc4)n3)c2c1.Brc1ccc2c3cccnc3n(-c3cc(-c4ccccc4)nc(-c4ccccc4)c3)c2c1.Brc1ccc2c3cccnc3n(-c3cccc(-c4ccccc4)c3)c2c1.Brc1ccc2c3cccnc3n(-c3nc(-c4ccccc4)nc(-c4ccccc4)n3)c2c1. The summed E-state index contributed by atoms with van der Waals surface area (Å²) < 4.78 is 12.7. The lowest BCUT2D eigenvalue weighted by Crippen LogP contribution is -2.06. The van der Waals surface area contributed by atoms with Crippen molar-refractivity contribution in [2.45, 2.75) is 0 Å². The zero-order valence-electron chi connectivity index (χ0n) is 65.0. The molecule has 0 aliphatic rings. The molecule has 13 nitrogen and oxygen atoms in total. The lowest BCUT2D eigenvalue weighted by molar-refractivity contribution is 0.944. The Morgan fingerprint density at radius 3 is 0.910 bits per heavy atom. The summed E-state index contributed by atoms with van der Waals surface area (Å²) in [5.74, 6) is 2.63. The van der Waals surface area contributed by atoms with Gasteiger partial charge in [0.25, 0.3) is 0 Å². The molecule has 23 aromatic rings. The van der Waals surface area contributed by atoms with Crippen molar-refractivity contribution in [1.82, 2.24) is 63.1 Å². The maximum Gasteiger partial charge on any atom is 0.240 e. The minimum atomic E-state index is 0.537. The summed E-state index contributed by atoms with van der Waals surface area (Å²) in [7, 11) is 0. The summed E-state index contributed by atoms with van der Waals surface area (Å²) in [5.41, 5.74) is 22.7. The summed E-state index contributed by atoms with van der Waals surface area (Å²) in [5, 5.41) is 9.11. The van der Waals surface area contributed by atoms with Crippen LogP contribution >= 0.6 is 63.7 Å². The number of halogens is 4. The van der Waals surface area contributed by atoms with Crippen molar-refractivity contribution in [1.29, 1.82) is 0 Å². The van der Waals surface area contributed by atoms with E-state index >= 15 is 0 Å². The lowest BCUT2D eigenvalue weighted by atomic mass is 10.0. The third kappa shape index (κ3) is 15.2. The standard InChI is InChI=1S/2C28H18BrN3.C26H16BrN5.C23H15BrN2/c29-22-13-14-23-24-12-7-15-30-28(24)32(26(23)18-22)27-17-21(19-8-3-1-4-9-19)16-25(31-27)20-10-5-2-6-11-20;29-21-13-14-23-24-12-7-15-30-28(24)32(27(23)16-21)22-17-25(19-8-3-1-4-9-19)31-26(18-22)20-10-5-2-6-11-20;27-19-13-14-20-21-12-7-15-28-25(21)32(22(20)16-19)26-30-23(17-8-3-1-4-9-17)29-24(31-26)18-10-5-2-6-11-18;24-18-11-12-20-21-10-5-13-25-23(21)26(22(20)15-18)19-9-4-8-17(14-19)16-6-2-1-3-7-16/h2*1-18H;1-16H;1-15H. The Hall–Kier alpha value is -14.3. The first kappa shape index (κ1) is 76.4. The van der Waals surface area contributed by atoms with E-state index in [9.17, 15) is 0 Å². The van der Waals surface area contributed by atoms with Crippen molar-refractivity contribution < 1.29 is 0 Å². The van der Waals surface area contributed by atoms with Gasteiger partial charge in [0.05, 0.1) is 44.8 Å². The number of hydrogen-bond acceptors (Lipinski definition) is 9. The van der Waals surface area contributed by atoms with Gasteiger partial charge in [-0.05, 0) is 156 Å². The number of aromatic nitrogens is 13. The Kier molecular flexibility index (Phi) is 21.2. The minimum absolute atomic E-state index is 0.537. The second kappa shape index (κ2) is 33.8. The number of benzene rings is 12. The largest absolute Gasteiger partial charge is 0.294 e. The highest BCUT2D eigenvalue weighted by molar-refractivity contribution is 9.11. The molecule has 23 rings (SSSR count). The number of nitrogens with zero attached hydrogens (tertiary/aromatic N) is 13. The van der Waals surface area contributed by atoms with E-state index in [4.69, 9.17) is 34.9 Å². The van der Waals surface area contributed by atoms with Gasteiger partial charge in [-0.1, -0.05) is 312 Å². The molecule has 17 heteroatoms. The molecular formula is C105H67Br4N13. The fourth-order valence-corrected chi connectivity index (χ4v) is 17.3. The van der Waals surface area contributed by atoms with Gasteiger partial charge in [0, 0.05) is 119 Å². The van der Waals surface area contributed by atoms with Crippen molar-refractivity contribution in [3.63, 3.8) is 0 Å². The molecule has 0 saturated heterocycles. The first-order valence-corrected chi connectivity index (χ1v) is 42.8. The molecule has 0 aliphatic heterocycles. The van der Waals surface area contributed by atoms with Crippen molar-refractivity contribution in [3.05, 3.63) is 425 Å². The van der Waals surface area contributed by atoms with Gasteiger partial charge < -0.3 is 0 Å². The molecule has 0 bridgehead atoms. The molecule has 0 unspecified atom stereocenters. The Balaban J connectivity index is 0.000000104. The Labute approximate surface area is 735 Å². The smallest absolute Gasteiger partial charge is 0.240 e. The molecular weight excluding hydrogens is 1760 g/mol. The van der Waals surface area contributed by atoms with Crippen LogP contribution in [0.25, 0.3) is 190 Å². The Bertz CT molecular complexity index is 7060. The third-order valence-corrected chi connectivity index (χ3v) is 23.5. The molecule has 0 saturated carbocycles. The van der Waals surface area contributed by atoms with Gasteiger partial charge >= 0.3 is 0 Å². The van der Waals surface area contributed by atoms with Gasteiger partial charge in [-0.2, -0.15) is 9.97 Å². The van der Waals surface area contributed by atoms with E-state index < -0.39 is 0 Å². The predicted octanol–water partition coefficient (Wildman–Crippen LogP) is 28.4. The average molecular weight is 1830 g/mol. The van der Waals surface area contributed by atoms with Crippen LogP contribution in [0.1, 0.15) is 0 Å². The fourth-order valence-electron chi connectivity index (χ4n) is 15.9. The predicted molar refractivity (Wildman–Crippen MR) is 512 cm³/mol. The van der Waals surface area contributed by atoms with Crippen LogP contribution < -0.4 is 0 Å². The molecule has 11 aromatic heterocycles. The molecule has 580 valence electrons. The van der Waals surface area contributed by atoms with Crippen molar-refractivity contribution >= 4 is 151 Å². The Morgan fingerprint density at radius 2 is 0.508 bits per heavy atom. The van der Waals surface area contributed by atoms with Gasteiger partial charge in [0.1, 0.15) is 28.4 Å². The first-order valence-electron chi connectivity index (χ1n) is 39.6. The summed E-state index contributed by atoms with van der Waals surface area (Å²) in [6, 6.07) is 131. The van der Waals surface area contributed by atoms with Gasteiger partial charge in [0.2, 0.25) is 5.95 Å². The fraction of sp³-hybridized carbons (Fsp3) is 0. The summed E-state index contributed by atoms with van der Waals surface area (Å²) in [4.78, 5) is 43.5. The molecule has 0 amide bonds. The van der Waals surface area contributed by atoms with Crippen molar-refractivity contribution in [2.75, 3.05) is 0 Å². The molecule has 0 N–H and O–H groups in total. The number of pyridine rings is 6. The molecule has 0 aliphatic carbocycles. The van der Waals surface area contributed by atoms with Crippen LogP contribution in [-0.2, 0) is 0 Å². The highest BCUT2D eigenvalue weighted by Crippen LogP contribution is 2.41. The molecule has 0 radical (unpaired) electrons. The molecule has 0 atom stereocenters. The molecule has 11 heterocycles. The van der Waals surface area contributed by atoms with Crippen LogP contribution in [0.4, 0.5) is 0 Å². The topological polar surface area (TPSA) is 136 Å². The zero-order chi connectivity index (χ0) is 82.0. The van der Waals surface area contributed by atoms with Crippen LogP contribution in [0.3, 0.4) is 0 Å². The third-order valence-electron chi connectivity index (χ3n) is 21.5. The molecule has 12 aromatic carbocycles. The van der Waals surface area contributed by atoms with Crippen LogP contribution in [0.2, 0.25) is 0 Å². The number of fused-ring (bicyclic) bond motifs is 12. The molecule has 0 spiro atoms. The van der Waals surface area contributed by atoms with E-state index in [-0.39, 0.29) is 0 Å². The minimum Gasteiger partial charge on any atom is -0.294 e. The van der Waals surface area contributed by atoms with Crippen LogP contribution in [0.5, 0.6) is 0 Å². The summed E-state index contributed by atoms with van der Waals surface area (Å²) >= 11 is 14.5. The van der Waals surface area contributed by atoms with E-state index in [1.54, 1.807) is 6.20 Å². The highest BCUT2D eigenvalue weighted by atomic mass is 79.9. The second-order valence-corrected chi connectivity index (χ2v) is 32.7. The highest BCUT2D eigenvalue weighted by Gasteiger charge is 2.23. The lowest BCUT2D eigenvalue weighted by Gasteiger charge is -2.13. The normalized spacial score (nSPS) is 11.3. The van der Waals surface area contributed by atoms with E-state index in [0.717, 1.165) is 163 Å². The average Bonchev–Trinajstić information content (AvgIpc) is 1.61. The number of rotatable bonds is 11. The van der Waals surface area contributed by atoms with Gasteiger partial charge in [-0.25, -0.2) is 34.9 Å². The maximum atomic E-state index is 5.11. The Morgan fingerprint density at radius 1 is 0.189 bits per heavy atom. The quantitative estimate of drug-likeness (QED) is 0.124. The molecule has 0 fully saturated rings. The summed E-state index contributed by atoms with van der Waals surface area (Å²) in [6.07, 6.45) is 7.34. The van der Waals surface area contributed by atoms with E-state index in [2.05, 4.69) is 312 Å². The maximum absolute atomic E-state index is 5.11. The van der Waals surface area contributed by atoms with Gasteiger partial charge in [-0.3, -0.25) is 18.3 Å². The van der Waals surface area contributed by atoms with Crippen LogP contribution in [0, 0.1) is 0 Å².